The molecule has 7 nitrogen and oxygen atoms in total. The van der Waals surface area contributed by atoms with Gasteiger partial charge in [-0.25, -0.2) is 0 Å². The van der Waals surface area contributed by atoms with Gasteiger partial charge in [0, 0.05) is 45.8 Å². The van der Waals surface area contributed by atoms with Crippen molar-refractivity contribution in [1.82, 2.24) is 15.1 Å². The van der Waals surface area contributed by atoms with E-state index in [1.54, 1.807) is 9.80 Å². The Balaban J connectivity index is 1.64. The summed E-state index contributed by atoms with van der Waals surface area (Å²) in [6, 6.07) is 10.0. The molecule has 1 saturated heterocycles. The third-order valence-electron chi connectivity index (χ3n) is 6.40. The highest BCUT2D eigenvalue weighted by atomic mass is 16.5. The van der Waals surface area contributed by atoms with E-state index in [1.165, 1.54) is 12.7 Å². The summed E-state index contributed by atoms with van der Waals surface area (Å²) in [6.45, 7) is 1.85. The van der Waals surface area contributed by atoms with Crippen molar-refractivity contribution in [2.24, 2.45) is 5.92 Å². The number of benzene rings is 1. The van der Waals surface area contributed by atoms with Crippen LogP contribution >= 0.6 is 0 Å². The number of ether oxygens (including phenoxy) is 1. The van der Waals surface area contributed by atoms with Crippen LogP contribution in [0.25, 0.3) is 0 Å². The number of carbonyl (C=O) groups is 3. The molecule has 2 aliphatic rings. The van der Waals surface area contributed by atoms with Crippen molar-refractivity contribution < 1.29 is 19.1 Å². The number of rotatable bonds is 6. The first-order chi connectivity index (χ1) is 15.1. The molecular formula is C24H35N3O4. The van der Waals surface area contributed by atoms with E-state index >= 15 is 0 Å². The molecule has 0 bridgehead atoms. The zero-order valence-corrected chi connectivity index (χ0v) is 18.6. The average molecular weight is 430 g/mol. The maximum Gasteiger partial charge on any atom is 0.248 e. The van der Waals surface area contributed by atoms with Gasteiger partial charge in [-0.2, -0.15) is 0 Å². The van der Waals surface area contributed by atoms with E-state index in [1.807, 2.05) is 18.2 Å². The zero-order chi connectivity index (χ0) is 22.1. The highest BCUT2D eigenvalue weighted by Gasteiger charge is 2.37. The number of nitrogens with zero attached hydrogens (tertiary/aromatic N) is 2. The molecule has 7 heteroatoms. The third-order valence-corrected chi connectivity index (χ3v) is 6.40. The summed E-state index contributed by atoms with van der Waals surface area (Å²) in [5.41, 5.74) is 1.23. The molecule has 1 N–H and O–H groups in total. The number of hydrogen-bond acceptors (Lipinski definition) is 4. The maximum atomic E-state index is 12.9. The number of nitrogens with one attached hydrogen (secondary N) is 1. The molecule has 0 aromatic heterocycles. The highest BCUT2D eigenvalue weighted by molar-refractivity contribution is 5.83. The standard InChI is InChI=1S/C24H35N3O4/c1-31-18-23(29)27-17-16-26(22(28)13-7-10-19-8-3-2-4-9-19)15-14-25-24(30)20-11-5-6-12-21(20)27/h2-4,8-9,20-21H,5-7,10-18H2,1H3,(H,25,30). The lowest BCUT2D eigenvalue weighted by Crippen LogP contribution is -2.56. The summed E-state index contributed by atoms with van der Waals surface area (Å²) < 4.78 is 5.09. The van der Waals surface area contributed by atoms with Gasteiger partial charge in [0.25, 0.3) is 0 Å². The molecule has 3 rings (SSSR count). The van der Waals surface area contributed by atoms with Crippen LogP contribution in [-0.2, 0) is 25.5 Å². The Labute approximate surface area is 185 Å². The fourth-order valence-electron chi connectivity index (χ4n) is 4.75. The largest absolute Gasteiger partial charge is 0.375 e. The summed E-state index contributed by atoms with van der Waals surface area (Å²) in [4.78, 5) is 42.1. The van der Waals surface area contributed by atoms with Crippen LogP contribution in [-0.4, -0.2) is 73.5 Å². The molecule has 31 heavy (non-hydrogen) atoms. The Bertz CT molecular complexity index is 740. The van der Waals surface area contributed by atoms with Crippen LogP contribution in [0.1, 0.15) is 44.1 Å². The summed E-state index contributed by atoms with van der Waals surface area (Å²) in [6.07, 6.45) is 5.73. The number of amides is 3. The molecule has 1 aromatic carbocycles. The fourth-order valence-corrected chi connectivity index (χ4v) is 4.75. The smallest absolute Gasteiger partial charge is 0.248 e. The SMILES string of the molecule is COCC(=O)N1CCN(C(=O)CCCc2ccccc2)CCNC(=O)C2CCCCC21. The van der Waals surface area contributed by atoms with Gasteiger partial charge in [-0.1, -0.05) is 43.2 Å². The predicted octanol–water partition coefficient (Wildman–Crippen LogP) is 2.00. The molecule has 1 saturated carbocycles. The minimum atomic E-state index is -0.178. The molecule has 2 unspecified atom stereocenters. The van der Waals surface area contributed by atoms with E-state index in [-0.39, 0.29) is 36.3 Å². The van der Waals surface area contributed by atoms with Crippen molar-refractivity contribution in [3.8, 4) is 0 Å². The zero-order valence-electron chi connectivity index (χ0n) is 18.6. The summed E-state index contributed by atoms with van der Waals surface area (Å²) in [5, 5.41) is 3.01. The van der Waals surface area contributed by atoms with Crippen LogP contribution in [0.4, 0.5) is 0 Å². The van der Waals surface area contributed by atoms with Crippen LogP contribution in [0, 0.1) is 5.92 Å². The van der Waals surface area contributed by atoms with E-state index in [4.69, 9.17) is 4.74 Å². The van der Waals surface area contributed by atoms with E-state index in [9.17, 15) is 14.4 Å². The van der Waals surface area contributed by atoms with E-state index < -0.39 is 0 Å². The number of hydrogen-bond donors (Lipinski definition) is 1. The Hall–Kier alpha value is -2.41. The van der Waals surface area contributed by atoms with Crippen LogP contribution in [0.3, 0.4) is 0 Å². The van der Waals surface area contributed by atoms with Gasteiger partial charge in [-0.15, -0.1) is 0 Å². The molecule has 3 amide bonds. The Morgan fingerprint density at radius 1 is 1.06 bits per heavy atom. The molecular weight excluding hydrogens is 394 g/mol. The number of aryl methyl sites for hydroxylation is 1. The second kappa shape index (κ2) is 11.8. The number of methoxy groups -OCH3 is 1. The monoisotopic (exact) mass is 429 g/mol. The quantitative estimate of drug-likeness (QED) is 0.750. The molecule has 1 aliphatic heterocycles. The number of carbonyl (C=O) groups excluding carboxylic acids is 3. The molecule has 1 heterocycles. The van der Waals surface area contributed by atoms with Gasteiger partial charge in [0.05, 0.1) is 5.92 Å². The lowest BCUT2D eigenvalue weighted by molar-refractivity contribution is -0.144. The van der Waals surface area contributed by atoms with Crippen molar-refractivity contribution in [3.05, 3.63) is 35.9 Å². The Morgan fingerprint density at radius 2 is 1.84 bits per heavy atom. The van der Waals surface area contributed by atoms with Crippen molar-refractivity contribution in [1.29, 1.82) is 0 Å². The first-order valence-electron chi connectivity index (χ1n) is 11.5. The second-order valence-corrected chi connectivity index (χ2v) is 8.49. The first-order valence-corrected chi connectivity index (χ1v) is 11.5. The van der Waals surface area contributed by atoms with Gasteiger partial charge in [-0.05, 0) is 31.2 Å². The molecule has 170 valence electrons. The molecule has 0 radical (unpaired) electrons. The molecule has 2 fully saturated rings. The summed E-state index contributed by atoms with van der Waals surface area (Å²) in [7, 11) is 1.51. The Morgan fingerprint density at radius 3 is 2.61 bits per heavy atom. The normalized spacial score (nSPS) is 22.4. The van der Waals surface area contributed by atoms with Gasteiger partial charge in [0.2, 0.25) is 17.7 Å². The van der Waals surface area contributed by atoms with E-state index in [0.717, 1.165) is 38.5 Å². The fraction of sp³-hybridized carbons (Fsp3) is 0.625. The maximum absolute atomic E-state index is 12.9. The number of fused-ring (bicyclic) bond motifs is 1. The van der Waals surface area contributed by atoms with Crippen molar-refractivity contribution in [2.75, 3.05) is 39.9 Å². The van der Waals surface area contributed by atoms with Crippen LogP contribution in [0.15, 0.2) is 30.3 Å². The van der Waals surface area contributed by atoms with Crippen LogP contribution in [0.2, 0.25) is 0 Å². The van der Waals surface area contributed by atoms with Crippen molar-refractivity contribution in [3.63, 3.8) is 0 Å². The molecule has 0 spiro atoms. The van der Waals surface area contributed by atoms with Gasteiger partial charge in [0.1, 0.15) is 6.61 Å². The summed E-state index contributed by atoms with van der Waals surface area (Å²) >= 11 is 0. The van der Waals surface area contributed by atoms with Crippen LogP contribution < -0.4 is 5.32 Å². The van der Waals surface area contributed by atoms with E-state index in [2.05, 4.69) is 17.4 Å². The minimum Gasteiger partial charge on any atom is -0.375 e. The van der Waals surface area contributed by atoms with Gasteiger partial charge >= 0.3 is 0 Å². The van der Waals surface area contributed by atoms with Gasteiger partial charge < -0.3 is 19.9 Å². The Kier molecular flexibility index (Phi) is 8.88. The lowest BCUT2D eigenvalue weighted by Gasteiger charge is -2.41. The molecule has 2 atom stereocenters. The van der Waals surface area contributed by atoms with E-state index in [0.29, 0.717) is 32.6 Å². The second-order valence-electron chi connectivity index (χ2n) is 8.49. The third kappa shape index (κ3) is 6.53. The predicted molar refractivity (Wildman–Crippen MR) is 118 cm³/mol. The minimum absolute atomic E-state index is 0.00158. The molecule has 1 aromatic rings. The van der Waals surface area contributed by atoms with Gasteiger partial charge in [0.15, 0.2) is 0 Å². The molecule has 1 aliphatic carbocycles. The first kappa shape index (κ1) is 23.3. The average Bonchev–Trinajstić information content (AvgIpc) is 2.79. The topological polar surface area (TPSA) is 79.0 Å². The summed E-state index contributed by atoms with van der Waals surface area (Å²) in [5.74, 6) is -0.213. The van der Waals surface area contributed by atoms with Crippen LogP contribution in [0.5, 0.6) is 0 Å². The van der Waals surface area contributed by atoms with Crippen molar-refractivity contribution >= 4 is 17.7 Å². The lowest BCUT2D eigenvalue weighted by atomic mass is 9.82. The van der Waals surface area contributed by atoms with Gasteiger partial charge in [-0.3, -0.25) is 14.4 Å². The highest BCUT2D eigenvalue weighted by Crippen LogP contribution is 2.29. The van der Waals surface area contributed by atoms with Crippen molar-refractivity contribution in [2.45, 2.75) is 51.0 Å².